The maximum atomic E-state index is 12.0. The van der Waals surface area contributed by atoms with Crippen molar-refractivity contribution in [1.29, 1.82) is 0 Å². The summed E-state index contributed by atoms with van der Waals surface area (Å²) in [6.45, 7) is 8.58. The van der Waals surface area contributed by atoms with Crippen LogP contribution < -0.4 is 0 Å². The number of hydrogen-bond donors (Lipinski definition) is 0. The zero-order valence-corrected chi connectivity index (χ0v) is 11.7. The van der Waals surface area contributed by atoms with E-state index >= 15 is 0 Å². The molecule has 18 heavy (non-hydrogen) atoms. The van der Waals surface area contributed by atoms with Gasteiger partial charge in [-0.3, -0.25) is 4.98 Å². The molecular formula is C15H23NO2. The largest absolute Gasteiger partial charge is 0.459 e. The highest BCUT2D eigenvalue weighted by atomic mass is 16.5. The molecular weight excluding hydrogens is 226 g/mol. The summed E-state index contributed by atoms with van der Waals surface area (Å²) in [5, 5.41) is 0. The molecule has 3 heteroatoms. The average Bonchev–Trinajstić information content (AvgIpc) is 2.28. The smallest absolute Gasteiger partial charge is 0.339 e. The molecule has 1 rings (SSSR count). The Morgan fingerprint density at radius 1 is 1.22 bits per heavy atom. The van der Waals surface area contributed by atoms with Gasteiger partial charge in [-0.15, -0.1) is 0 Å². The Labute approximate surface area is 110 Å². The molecule has 0 aromatic carbocycles. The Hall–Kier alpha value is -1.38. The van der Waals surface area contributed by atoms with Crippen molar-refractivity contribution in [2.24, 2.45) is 11.8 Å². The second-order valence-corrected chi connectivity index (χ2v) is 5.53. The van der Waals surface area contributed by atoms with Crippen LogP contribution in [0.2, 0.25) is 0 Å². The van der Waals surface area contributed by atoms with Crippen LogP contribution in [-0.4, -0.2) is 17.1 Å². The fourth-order valence-electron chi connectivity index (χ4n) is 1.95. The molecule has 0 bridgehead atoms. The number of hydrogen-bond acceptors (Lipinski definition) is 3. The number of esters is 1. The Bertz CT molecular complexity index is 350. The molecule has 1 aromatic heterocycles. The molecule has 0 atom stereocenters. The Morgan fingerprint density at radius 3 is 2.28 bits per heavy atom. The molecule has 1 aromatic rings. The van der Waals surface area contributed by atoms with Crippen molar-refractivity contribution < 1.29 is 9.53 Å². The van der Waals surface area contributed by atoms with Gasteiger partial charge in [0.05, 0.1) is 5.56 Å². The Morgan fingerprint density at radius 2 is 1.83 bits per heavy atom. The molecule has 0 amide bonds. The van der Waals surface area contributed by atoms with E-state index in [4.69, 9.17) is 4.74 Å². The molecule has 0 saturated heterocycles. The molecule has 0 saturated carbocycles. The Balaban J connectivity index is 2.62. The summed E-state index contributed by atoms with van der Waals surface area (Å²) in [5.41, 5.74) is 0.523. The number of nitrogens with zero attached hydrogens (tertiary/aromatic N) is 1. The minimum Gasteiger partial charge on any atom is -0.459 e. The summed E-state index contributed by atoms with van der Waals surface area (Å²) >= 11 is 0. The van der Waals surface area contributed by atoms with Gasteiger partial charge in [0.1, 0.15) is 6.10 Å². The van der Waals surface area contributed by atoms with Crippen LogP contribution in [-0.2, 0) is 4.74 Å². The third-order valence-corrected chi connectivity index (χ3v) is 2.64. The summed E-state index contributed by atoms with van der Waals surface area (Å²) < 4.78 is 5.58. The van der Waals surface area contributed by atoms with Crippen LogP contribution in [0.15, 0.2) is 24.5 Å². The molecule has 0 radical (unpaired) electrons. The van der Waals surface area contributed by atoms with E-state index in [0.29, 0.717) is 17.4 Å². The first kappa shape index (κ1) is 14.7. The highest BCUT2D eigenvalue weighted by Gasteiger charge is 2.18. The van der Waals surface area contributed by atoms with Gasteiger partial charge >= 0.3 is 5.97 Å². The van der Waals surface area contributed by atoms with Gasteiger partial charge in [-0.1, -0.05) is 27.7 Å². The van der Waals surface area contributed by atoms with Gasteiger partial charge in [-0.2, -0.15) is 0 Å². The third-order valence-electron chi connectivity index (χ3n) is 2.64. The summed E-state index contributed by atoms with van der Waals surface area (Å²) in [4.78, 5) is 15.9. The van der Waals surface area contributed by atoms with Crippen molar-refractivity contribution in [3.63, 3.8) is 0 Å². The number of pyridine rings is 1. The van der Waals surface area contributed by atoms with E-state index < -0.39 is 0 Å². The van der Waals surface area contributed by atoms with Crippen LogP contribution in [0, 0.1) is 11.8 Å². The summed E-state index contributed by atoms with van der Waals surface area (Å²) in [6, 6.07) is 3.48. The van der Waals surface area contributed by atoms with Crippen LogP contribution in [0.1, 0.15) is 50.9 Å². The summed E-state index contributed by atoms with van der Waals surface area (Å²) in [6.07, 6.45) is 5.01. The number of rotatable bonds is 6. The average molecular weight is 249 g/mol. The van der Waals surface area contributed by atoms with Crippen molar-refractivity contribution >= 4 is 5.97 Å². The molecule has 0 fully saturated rings. The zero-order valence-electron chi connectivity index (χ0n) is 11.7. The number of ether oxygens (including phenoxy) is 1. The molecule has 0 N–H and O–H groups in total. The first-order chi connectivity index (χ1) is 8.49. The number of aromatic nitrogens is 1. The predicted molar refractivity (Wildman–Crippen MR) is 72.4 cm³/mol. The van der Waals surface area contributed by atoms with E-state index in [1.165, 1.54) is 0 Å². The van der Waals surface area contributed by atoms with E-state index in [1.54, 1.807) is 24.5 Å². The van der Waals surface area contributed by atoms with Gasteiger partial charge in [0.25, 0.3) is 0 Å². The van der Waals surface area contributed by atoms with Crippen molar-refractivity contribution in [2.75, 3.05) is 0 Å². The van der Waals surface area contributed by atoms with Crippen molar-refractivity contribution in [3.05, 3.63) is 30.1 Å². The summed E-state index contributed by atoms with van der Waals surface area (Å²) in [5.74, 6) is 0.778. The maximum Gasteiger partial charge on any atom is 0.339 e. The molecule has 0 aliphatic rings. The third kappa shape index (κ3) is 5.30. The molecule has 0 aliphatic heterocycles. The standard InChI is InChI=1S/C15H23NO2/c1-11(2)8-14(9-12(3)4)18-15(17)13-6-5-7-16-10-13/h5-7,10-12,14H,8-9H2,1-4H3. The lowest BCUT2D eigenvalue weighted by atomic mass is 9.98. The molecule has 1 heterocycles. The minimum atomic E-state index is -0.269. The van der Waals surface area contributed by atoms with Gasteiger partial charge in [0.15, 0.2) is 0 Å². The number of carbonyl (C=O) groups excluding carboxylic acids is 1. The van der Waals surface area contributed by atoms with Gasteiger partial charge in [-0.05, 0) is 36.8 Å². The van der Waals surface area contributed by atoms with Crippen molar-refractivity contribution in [2.45, 2.75) is 46.6 Å². The predicted octanol–water partition coefficient (Wildman–Crippen LogP) is 3.70. The fraction of sp³-hybridized carbons (Fsp3) is 0.600. The van der Waals surface area contributed by atoms with Gasteiger partial charge in [-0.25, -0.2) is 4.79 Å². The quantitative estimate of drug-likeness (QED) is 0.722. The maximum absolute atomic E-state index is 12.0. The van der Waals surface area contributed by atoms with Gasteiger partial charge in [0.2, 0.25) is 0 Å². The van der Waals surface area contributed by atoms with Crippen LogP contribution >= 0.6 is 0 Å². The minimum absolute atomic E-state index is 0.00212. The monoisotopic (exact) mass is 249 g/mol. The second-order valence-electron chi connectivity index (χ2n) is 5.53. The van der Waals surface area contributed by atoms with Gasteiger partial charge in [0, 0.05) is 12.4 Å². The highest BCUT2D eigenvalue weighted by molar-refractivity contribution is 5.89. The van der Waals surface area contributed by atoms with E-state index in [9.17, 15) is 4.79 Å². The number of carbonyl (C=O) groups is 1. The van der Waals surface area contributed by atoms with Gasteiger partial charge < -0.3 is 4.74 Å². The topological polar surface area (TPSA) is 39.2 Å². The normalized spacial score (nSPS) is 11.3. The van der Waals surface area contributed by atoms with Crippen LogP contribution in [0.25, 0.3) is 0 Å². The molecule has 0 spiro atoms. The lowest BCUT2D eigenvalue weighted by Crippen LogP contribution is -2.22. The molecule has 3 nitrogen and oxygen atoms in total. The summed E-state index contributed by atoms with van der Waals surface area (Å²) in [7, 11) is 0. The van der Waals surface area contributed by atoms with Crippen LogP contribution in [0.4, 0.5) is 0 Å². The van der Waals surface area contributed by atoms with E-state index in [2.05, 4.69) is 32.7 Å². The lowest BCUT2D eigenvalue weighted by molar-refractivity contribution is 0.0200. The SMILES string of the molecule is CC(C)CC(CC(C)C)OC(=O)c1cccnc1. The molecule has 100 valence electrons. The Kier molecular flexibility index (Phi) is 5.83. The zero-order chi connectivity index (χ0) is 13.5. The fourth-order valence-corrected chi connectivity index (χ4v) is 1.95. The highest BCUT2D eigenvalue weighted by Crippen LogP contribution is 2.18. The first-order valence-corrected chi connectivity index (χ1v) is 6.60. The molecule has 0 aliphatic carbocycles. The van der Waals surface area contributed by atoms with E-state index in [0.717, 1.165) is 12.8 Å². The van der Waals surface area contributed by atoms with Crippen molar-refractivity contribution in [1.82, 2.24) is 4.98 Å². The second kappa shape index (κ2) is 7.14. The van der Waals surface area contributed by atoms with E-state index in [-0.39, 0.29) is 12.1 Å². The van der Waals surface area contributed by atoms with Crippen LogP contribution in [0.3, 0.4) is 0 Å². The first-order valence-electron chi connectivity index (χ1n) is 6.60. The van der Waals surface area contributed by atoms with E-state index in [1.807, 2.05) is 0 Å². The lowest BCUT2D eigenvalue weighted by Gasteiger charge is -2.21. The van der Waals surface area contributed by atoms with Crippen LogP contribution in [0.5, 0.6) is 0 Å². The molecule has 0 unspecified atom stereocenters. The van der Waals surface area contributed by atoms with Crippen molar-refractivity contribution in [3.8, 4) is 0 Å².